The summed E-state index contributed by atoms with van der Waals surface area (Å²) in [6.45, 7) is 0. The molecular weight excluding hydrogens is 174 g/mol. The van der Waals surface area contributed by atoms with E-state index in [1.165, 1.54) is 0 Å². The van der Waals surface area contributed by atoms with Crippen LogP contribution in [0.4, 0.5) is 4.79 Å². The Morgan fingerprint density at radius 3 is 2.17 bits per heavy atom. The molecule has 5 heteroatoms. The van der Waals surface area contributed by atoms with Gasteiger partial charge in [0.2, 0.25) is 0 Å². The Balaban J connectivity index is 2.72. The molecule has 0 spiro atoms. The largest absolute Gasteiger partial charge is 0.391 e. The molecule has 0 aromatic rings. The Kier molecular flexibility index (Phi) is 2.52. The molecule has 0 saturated heterocycles. The van der Waals surface area contributed by atoms with Crippen LogP contribution >= 0.6 is 12.2 Å². The van der Waals surface area contributed by atoms with Gasteiger partial charge in [-0.25, -0.2) is 4.79 Å². The number of hydrogen-bond donors (Lipinski definition) is 3. The first-order chi connectivity index (χ1) is 5.57. The van der Waals surface area contributed by atoms with Crippen LogP contribution in [0.1, 0.15) is 25.7 Å². The molecule has 4 nitrogen and oxygen atoms in total. The van der Waals surface area contributed by atoms with Gasteiger partial charge in [-0.15, -0.1) is 0 Å². The molecule has 2 amide bonds. The van der Waals surface area contributed by atoms with Crippen molar-refractivity contribution < 1.29 is 4.79 Å². The quantitative estimate of drug-likeness (QED) is 0.542. The minimum absolute atomic E-state index is 0.346. The highest BCUT2D eigenvalue weighted by Crippen LogP contribution is 2.29. The number of nitrogens with two attached hydrogens (primary N) is 2. The zero-order valence-electron chi connectivity index (χ0n) is 6.80. The summed E-state index contributed by atoms with van der Waals surface area (Å²) in [6, 6.07) is -0.551. The maximum absolute atomic E-state index is 10.7. The number of urea groups is 1. The number of amides is 2. The van der Waals surface area contributed by atoms with Crippen molar-refractivity contribution in [2.75, 3.05) is 0 Å². The molecule has 12 heavy (non-hydrogen) atoms. The molecule has 1 aliphatic rings. The molecule has 1 fully saturated rings. The van der Waals surface area contributed by atoms with Gasteiger partial charge in [0.1, 0.15) is 0 Å². The van der Waals surface area contributed by atoms with Crippen LogP contribution in [-0.2, 0) is 0 Å². The van der Waals surface area contributed by atoms with Crippen LogP contribution < -0.4 is 16.8 Å². The standard InChI is InChI=1S/C7H13N3OS/c8-5(12)7(10-6(9)11)3-1-2-4-7/h1-4H2,(H2,8,12)(H3,9,10,11). The Morgan fingerprint density at radius 2 is 1.83 bits per heavy atom. The van der Waals surface area contributed by atoms with Crippen LogP contribution in [0.15, 0.2) is 0 Å². The predicted molar refractivity (Wildman–Crippen MR) is 50.7 cm³/mol. The van der Waals surface area contributed by atoms with Crippen LogP contribution in [-0.4, -0.2) is 16.6 Å². The lowest BCUT2D eigenvalue weighted by molar-refractivity contribution is 0.242. The molecule has 0 aromatic heterocycles. The van der Waals surface area contributed by atoms with Crippen LogP contribution in [0, 0.1) is 0 Å². The zero-order chi connectivity index (χ0) is 9.19. The predicted octanol–water partition coefficient (Wildman–Crippen LogP) is 0.254. The third-order valence-corrected chi connectivity index (χ3v) is 2.68. The molecule has 0 aromatic carbocycles. The maximum atomic E-state index is 10.7. The van der Waals surface area contributed by atoms with E-state index in [1.807, 2.05) is 0 Å². The van der Waals surface area contributed by atoms with E-state index in [1.54, 1.807) is 0 Å². The summed E-state index contributed by atoms with van der Waals surface area (Å²) in [5, 5.41) is 2.63. The molecule has 0 aliphatic heterocycles. The molecule has 1 aliphatic carbocycles. The van der Waals surface area contributed by atoms with Gasteiger partial charge in [-0.2, -0.15) is 0 Å². The smallest absolute Gasteiger partial charge is 0.312 e. The number of carbonyl (C=O) groups excluding carboxylic acids is 1. The average Bonchev–Trinajstić information content (AvgIpc) is 2.35. The van der Waals surface area contributed by atoms with E-state index in [2.05, 4.69) is 5.32 Å². The van der Waals surface area contributed by atoms with Gasteiger partial charge in [0, 0.05) is 0 Å². The molecule has 1 rings (SSSR count). The van der Waals surface area contributed by atoms with Crippen LogP contribution in [0.2, 0.25) is 0 Å². The lowest BCUT2D eigenvalue weighted by Gasteiger charge is -2.27. The second-order valence-electron chi connectivity index (χ2n) is 3.14. The van der Waals surface area contributed by atoms with Gasteiger partial charge in [0.25, 0.3) is 0 Å². The number of thiocarbonyl (C=S) groups is 1. The van der Waals surface area contributed by atoms with Crippen molar-refractivity contribution in [2.45, 2.75) is 31.2 Å². The minimum atomic E-state index is -0.551. The van der Waals surface area contributed by atoms with Crippen molar-refractivity contribution in [2.24, 2.45) is 11.5 Å². The average molecular weight is 187 g/mol. The van der Waals surface area contributed by atoms with Crippen LogP contribution in [0.3, 0.4) is 0 Å². The molecule has 0 heterocycles. The topological polar surface area (TPSA) is 81.1 Å². The number of hydrogen-bond acceptors (Lipinski definition) is 2. The molecule has 68 valence electrons. The lowest BCUT2D eigenvalue weighted by Crippen LogP contribution is -2.56. The summed E-state index contributed by atoms with van der Waals surface area (Å²) in [5.41, 5.74) is 10.1. The zero-order valence-corrected chi connectivity index (χ0v) is 7.62. The SMILES string of the molecule is NC(=O)NC1(C(N)=S)CCCC1. The van der Waals surface area contributed by atoms with E-state index >= 15 is 0 Å². The molecular formula is C7H13N3OS. The molecule has 0 unspecified atom stereocenters. The van der Waals surface area contributed by atoms with Crippen LogP contribution in [0.25, 0.3) is 0 Å². The first-order valence-corrected chi connectivity index (χ1v) is 4.35. The summed E-state index contributed by atoms with van der Waals surface area (Å²) in [4.78, 5) is 11.0. The summed E-state index contributed by atoms with van der Waals surface area (Å²) in [6.07, 6.45) is 3.70. The first kappa shape index (κ1) is 9.25. The van der Waals surface area contributed by atoms with Crippen molar-refractivity contribution in [1.29, 1.82) is 0 Å². The van der Waals surface area contributed by atoms with Crippen molar-refractivity contribution in [3.63, 3.8) is 0 Å². The number of primary amides is 1. The molecule has 1 saturated carbocycles. The Labute approximate surface area is 76.7 Å². The third kappa shape index (κ3) is 1.66. The van der Waals surface area contributed by atoms with E-state index in [-0.39, 0.29) is 0 Å². The Morgan fingerprint density at radius 1 is 1.33 bits per heavy atom. The summed E-state index contributed by atoms with van der Waals surface area (Å²) in [5.74, 6) is 0. The van der Waals surface area contributed by atoms with E-state index in [4.69, 9.17) is 23.7 Å². The minimum Gasteiger partial charge on any atom is -0.391 e. The highest BCUT2D eigenvalue weighted by molar-refractivity contribution is 7.80. The van der Waals surface area contributed by atoms with Gasteiger partial charge in [-0.1, -0.05) is 25.1 Å². The van der Waals surface area contributed by atoms with Crippen molar-refractivity contribution in [1.82, 2.24) is 5.32 Å². The first-order valence-electron chi connectivity index (χ1n) is 3.94. The van der Waals surface area contributed by atoms with Crippen molar-refractivity contribution >= 4 is 23.2 Å². The second kappa shape index (κ2) is 3.26. The molecule has 0 bridgehead atoms. The number of nitrogens with one attached hydrogen (secondary N) is 1. The second-order valence-corrected chi connectivity index (χ2v) is 3.58. The van der Waals surface area contributed by atoms with Gasteiger partial charge < -0.3 is 16.8 Å². The Hall–Kier alpha value is -0.840. The Bertz CT molecular complexity index is 211. The molecule has 0 atom stereocenters. The maximum Gasteiger partial charge on any atom is 0.312 e. The van der Waals surface area contributed by atoms with Crippen LogP contribution in [0.5, 0.6) is 0 Å². The van der Waals surface area contributed by atoms with E-state index in [9.17, 15) is 4.79 Å². The van der Waals surface area contributed by atoms with Gasteiger partial charge >= 0.3 is 6.03 Å². The third-order valence-electron chi connectivity index (χ3n) is 2.29. The van der Waals surface area contributed by atoms with Gasteiger partial charge in [-0.3, -0.25) is 0 Å². The summed E-state index contributed by atoms with van der Waals surface area (Å²) < 4.78 is 0. The molecule has 5 N–H and O–H groups in total. The number of carbonyl (C=O) groups is 1. The van der Waals surface area contributed by atoms with Gasteiger partial charge in [-0.05, 0) is 12.8 Å². The number of rotatable bonds is 2. The fourth-order valence-corrected chi connectivity index (χ4v) is 1.90. The fourth-order valence-electron chi connectivity index (χ4n) is 1.65. The highest BCUT2D eigenvalue weighted by atomic mass is 32.1. The normalized spacial score (nSPS) is 20.3. The highest BCUT2D eigenvalue weighted by Gasteiger charge is 2.37. The summed E-state index contributed by atoms with van der Waals surface area (Å²) >= 11 is 4.89. The summed E-state index contributed by atoms with van der Waals surface area (Å²) in [7, 11) is 0. The monoisotopic (exact) mass is 187 g/mol. The fraction of sp³-hybridized carbons (Fsp3) is 0.714. The van der Waals surface area contributed by atoms with Crippen molar-refractivity contribution in [3.8, 4) is 0 Å². The van der Waals surface area contributed by atoms with Gasteiger partial charge in [0.05, 0.1) is 10.5 Å². The van der Waals surface area contributed by atoms with E-state index < -0.39 is 11.6 Å². The van der Waals surface area contributed by atoms with E-state index in [0.29, 0.717) is 4.99 Å². The van der Waals surface area contributed by atoms with Crippen molar-refractivity contribution in [3.05, 3.63) is 0 Å². The lowest BCUT2D eigenvalue weighted by atomic mass is 9.98. The van der Waals surface area contributed by atoms with E-state index in [0.717, 1.165) is 25.7 Å². The molecule has 0 radical (unpaired) electrons. The van der Waals surface area contributed by atoms with Gasteiger partial charge in [0.15, 0.2) is 0 Å².